The van der Waals surface area contributed by atoms with Crippen LogP contribution < -0.4 is 5.32 Å². The lowest BCUT2D eigenvalue weighted by atomic mass is 10.0. The van der Waals surface area contributed by atoms with Gasteiger partial charge >= 0.3 is 0 Å². The van der Waals surface area contributed by atoms with Gasteiger partial charge in [0, 0.05) is 25.5 Å². The fourth-order valence-corrected chi connectivity index (χ4v) is 1.59. The lowest BCUT2D eigenvalue weighted by molar-refractivity contribution is 0.222. The lowest BCUT2D eigenvalue weighted by Gasteiger charge is -2.17. The first kappa shape index (κ1) is 12.2. The second kappa shape index (κ2) is 5.88. The molecule has 0 fully saturated rings. The van der Waals surface area contributed by atoms with Gasteiger partial charge in [0.2, 0.25) is 0 Å². The Bertz CT molecular complexity index is 283. The predicted molar refractivity (Wildman–Crippen MR) is 60.4 cm³/mol. The van der Waals surface area contributed by atoms with E-state index < -0.39 is 0 Å². The number of aryl methyl sites for hydroxylation is 1. The Morgan fingerprint density at radius 2 is 2.27 bits per heavy atom. The van der Waals surface area contributed by atoms with Gasteiger partial charge in [-0.05, 0) is 12.3 Å². The van der Waals surface area contributed by atoms with E-state index in [0.717, 1.165) is 12.2 Å². The van der Waals surface area contributed by atoms with Gasteiger partial charge < -0.3 is 15.0 Å². The third kappa shape index (κ3) is 4.01. The van der Waals surface area contributed by atoms with Crippen LogP contribution in [-0.4, -0.2) is 27.3 Å². The molecule has 1 aromatic rings. The second-order valence-corrected chi connectivity index (χ2v) is 4.34. The lowest BCUT2D eigenvalue weighted by Crippen LogP contribution is -2.34. The number of aliphatic hydroxyl groups is 1. The molecule has 4 nitrogen and oxygen atoms in total. The summed E-state index contributed by atoms with van der Waals surface area (Å²) in [6.07, 6.45) is 4.70. The monoisotopic (exact) mass is 211 g/mol. The molecule has 0 spiro atoms. The van der Waals surface area contributed by atoms with Crippen molar-refractivity contribution in [1.82, 2.24) is 14.9 Å². The summed E-state index contributed by atoms with van der Waals surface area (Å²) in [6.45, 7) is 5.21. The van der Waals surface area contributed by atoms with Crippen LogP contribution in [0.15, 0.2) is 12.4 Å². The summed E-state index contributed by atoms with van der Waals surface area (Å²) in [6, 6.07) is 0.168. The van der Waals surface area contributed by atoms with Gasteiger partial charge in [-0.3, -0.25) is 0 Å². The number of nitrogens with zero attached hydrogens (tertiary/aromatic N) is 2. The van der Waals surface area contributed by atoms with Crippen molar-refractivity contribution in [2.45, 2.75) is 32.9 Å². The maximum atomic E-state index is 9.18. The standard InChI is InChI=1S/C11H21N3O/c1-9(2)6-10(8-15)13-7-11-12-4-5-14(11)3/h4-5,9-10,13,15H,6-8H2,1-3H3/t10-/m0/s1. The zero-order chi connectivity index (χ0) is 11.3. The van der Waals surface area contributed by atoms with Crippen LogP contribution in [0.1, 0.15) is 26.1 Å². The molecule has 0 saturated heterocycles. The van der Waals surface area contributed by atoms with Crippen LogP contribution in [0.3, 0.4) is 0 Å². The van der Waals surface area contributed by atoms with E-state index in [9.17, 15) is 5.11 Å². The Morgan fingerprint density at radius 1 is 1.53 bits per heavy atom. The maximum absolute atomic E-state index is 9.18. The van der Waals surface area contributed by atoms with Gasteiger partial charge in [-0.15, -0.1) is 0 Å². The van der Waals surface area contributed by atoms with Crippen molar-refractivity contribution in [2.75, 3.05) is 6.61 Å². The fourth-order valence-electron chi connectivity index (χ4n) is 1.59. The molecular formula is C11H21N3O. The van der Waals surface area contributed by atoms with Crippen molar-refractivity contribution < 1.29 is 5.11 Å². The minimum Gasteiger partial charge on any atom is -0.395 e. The molecular weight excluding hydrogens is 190 g/mol. The van der Waals surface area contributed by atoms with Crippen LogP contribution in [0.2, 0.25) is 0 Å². The number of aliphatic hydroxyl groups excluding tert-OH is 1. The molecule has 0 bridgehead atoms. The van der Waals surface area contributed by atoms with E-state index in [1.165, 1.54) is 0 Å². The largest absolute Gasteiger partial charge is 0.395 e. The Kier molecular flexibility index (Phi) is 4.78. The maximum Gasteiger partial charge on any atom is 0.122 e. The first-order chi connectivity index (χ1) is 7.13. The highest BCUT2D eigenvalue weighted by atomic mass is 16.3. The average Bonchev–Trinajstić information content (AvgIpc) is 2.58. The summed E-state index contributed by atoms with van der Waals surface area (Å²) in [5, 5.41) is 12.5. The topological polar surface area (TPSA) is 50.1 Å². The molecule has 1 aromatic heterocycles. The van der Waals surface area contributed by atoms with E-state index in [2.05, 4.69) is 24.1 Å². The van der Waals surface area contributed by atoms with Gasteiger partial charge in [0.1, 0.15) is 5.82 Å². The van der Waals surface area contributed by atoms with Crippen LogP contribution in [0.4, 0.5) is 0 Å². The molecule has 4 heteroatoms. The van der Waals surface area contributed by atoms with Crippen molar-refractivity contribution in [1.29, 1.82) is 0 Å². The van der Waals surface area contributed by atoms with Gasteiger partial charge in [0.25, 0.3) is 0 Å². The molecule has 0 aromatic carbocycles. The zero-order valence-corrected chi connectivity index (χ0v) is 9.77. The van der Waals surface area contributed by atoms with Crippen LogP contribution >= 0.6 is 0 Å². The molecule has 0 unspecified atom stereocenters. The highest BCUT2D eigenvalue weighted by molar-refractivity contribution is 4.90. The number of rotatable bonds is 6. The van der Waals surface area contributed by atoms with E-state index in [4.69, 9.17) is 0 Å². The van der Waals surface area contributed by atoms with Crippen molar-refractivity contribution in [3.05, 3.63) is 18.2 Å². The molecule has 0 aliphatic rings. The van der Waals surface area contributed by atoms with Crippen LogP contribution in [0.25, 0.3) is 0 Å². The number of hydrogen-bond acceptors (Lipinski definition) is 3. The van der Waals surface area contributed by atoms with Gasteiger partial charge in [0.15, 0.2) is 0 Å². The second-order valence-electron chi connectivity index (χ2n) is 4.34. The van der Waals surface area contributed by atoms with Crippen molar-refractivity contribution >= 4 is 0 Å². The summed E-state index contributed by atoms with van der Waals surface area (Å²) < 4.78 is 1.98. The quantitative estimate of drug-likeness (QED) is 0.735. The first-order valence-electron chi connectivity index (χ1n) is 5.44. The van der Waals surface area contributed by atoms with E-state index >= 15 is 0 Å². The van der Waals surface area contributed by atoms with Gasteiger partial charge in [0.05, 0.1) is 13.2 Å². The molecule has 1 rings (SSSR count). The van der Waals surface area contributed by atoms with Crippen LogP contribution in [-0.2, 0) is 13.6 Å². The van der Waals surface area contributed by atoms with Crippen molar-refractivity contribution in [3.63, 3.8) is 0 Å². The van der Waals surface area contributed by atoms with Crippen LogP contribution in [0, 0.1) is 5.92 Å². The summed E-state index contributed by atoms with van der Waals surface area (Å²) in [7, 11) is 1.97. The smallest absolute Gasteiger partial charge is 0.122 e. The Balaban J connectivity index is 2.37. The molecule has 0 aliphatic heterocycles. The Hall–Kier alpha value is -0.870. The Morgan fingerprint density at radius 3 is 2.73 bits per heavy atom. The van der Waals surface area contributed by atoms with E-state index in [1.807, 2.05) is 17.8 Å². The van der Waals surface area contributed by atoms with Gasteiger partial charge in [-0.25, -0.2) is 4.98 Å². The normalized spacial score (nSPS) is 13.4. The van der Waals surface area contributed by atoms with E-state index in [1.54, 1.807) is 6.20 Å². The summed E-state index contributed by atoms with van der Waals surface area (Å²) in [5.74, 6) is 1.59. The SMILES string of the molecule is CC(C)C[C@@H](CO)NCc1nccn1C. The summed E-state index contributed by atoms with van der Waals surface area (Å²) in [4.78, 5) is 4.22. The molecule has 15 heavy (non-hydrogen) atoms. The van der Waals surface area contributed by atoms with Crippen molar-refractivity contribution in [2.24, 2.45) is 13.0 Å². The molecule has 0 radical (unpaired) electrons. The molecule has 0 saturated carbocycles. The third-order valence-electron chi connectivity index (χ3n) is 2.45. The molecule has 86 valence electrons. The first-order valence-corrected chi connectivity index (χ1v) is 5.44. The molecule has 0 aliphatic carbocycles. The van der Waals surface area contributed by atoms with Crippen LogP contribution in [0.5, 0.6) is 0 Å². The molecule has 1 heterocycles. The summed E-state index contributed by atoms with van der Waals surface area (Å²) in [5.41, 5.74) is 0. The minimum atomic E-state index is 0.168. The van der Waals surface area contributed by atoms with E-state index in [0.29, 0.717) is 12.5 Å². The summed E-state index contributed by atoms with van der Waals surface area (Å²) >= 11 is 0. The number of hydrogen-bond donors (Lipinski definition) is 2. The fraction of sp³-hybridized carbons (Fsp3) is 0.727. The minimum absolute atomic E-state index is 0.168. The van der Waals surface area contributed by atoms with Gasteiger partial charge in [-0.1, -0.05) is 13.8 Å². The highest BCUT2D eigenvalue weighted by Crippen LogP contribution is 2.05. The third-order valence-corrected chi connectivity index (χ3v) is 2.45. The van der Waals surface area contributed by atoms with Crippen molar-refractivity contribution in [3.8, 4) is 0 Å². The molecule has 2 N–H and O–H groups in total. The zero-order valence-electron chi connectivity index (χ0n) is 9.77. The average molecular weight is 211 g/mol. The highest BCUT2D eigenvalue weighted by Gasteiger charge is 2.09. The molecule has 0 amide bonds. The Labute approximate surface area is 91.3 Å². The number of imidazole rings is 1. The molecule has 1 atom stereocenters. The predicted octanol–water partition coefficient (Wildman–Crippen LogP) is 0.917. The van der Waals surface area contributed by atoms with E-state index in [-0.39, 0.29) is 12.6 Å². The van der Waals surface area contributed by atoms with Gasteiger partial charge in [-0.2, -0.15) is 0 Å². The number of nitrogens with one attached hydrogen (secondary N) is 1. The number of aromatic nitrogens is 2.